The summed E-state index contributed by atoms with van der Waals surface area (Å²) in [6, 6.07) is 7.10. The lowest BCUT2D eigenvalue weighted by molar-refractivity contribution is -0.116. The summed E-state index contributed by atoms with van der Waals surface area (Å²) in [5.74, 6) is 2.37. The molecule has 5 heteroatoms. The van der Waals surface area contributed by atoms with E-state index in [9.17, 15) is 9.59 Å². The Labute approximate surface area is 121 Å². The number of amides is 1. The normalized spacial score (nSPS) is 10.0. The van der Waals surface area contributed by atoms with Crippen molar-refractivity contribution in [1.82, 2.24) is 4.57 Å². The van der Waals surface area contributed by atoms with Crippen molar-refractivity contribution in [2.75, 3.05) is 5.32 Å². The van der Waals surface area contributed by atoms with Crippen molar-refractivity contribution in [2.45, 2.75) is 19.9 Å². The van der Waals surface area contributed by atoms with Crippen LogP contribution in [0.15, 0.2) is 34.4 Å². The molecular formula is C15H14N2O2S. The fourth-order valence-electron chi connectivity index (χ4n) is 1.80. The number of terminal acetylenes is 1. The molecule has 1 aromatic heterocycles. The molecular weight excluding hydrogens is 272 g/mol. The van der Waals surface area contributed by atoms with Crippen LogP contribution in [0.25, 0.3) is 0 Å². The molecule has 4 nitrogen and oxygen atoms in total. The van der Waals surface area contributed by atoms with E-state index in [2.05, 4.69) is 11.2 Å². The van der Waals surface area contributed by atoms with Crippen molar-refractivity contribution in [3.05, 3.63) is 50.6 Å². The fraction of sp³-hybridized carbons (Fsp3) is 0.200. The van der Waals surface area contributed by atoms with E-state index in [1.54, 1.807) is 34.2 Å². The van der Waals surface area contributed by atoms with E-state index in [1.807, 2.05) is 6.92 Å². The lowest BCUT2D eigenvalue weighted by Crippen LogP contribution is -2.20. The van der Waals surface area contributed by atoms with Crippen LogP contribution >= 0.6 is 11.3 Å². The van der Waals surface area contributed by atoms with Gasteiger partial charge in [-0.2, -0.15) is 0 Å². The van der Waals surface area contributed by atoms with E-state index in [4.69, 9.17) is 6.42 Å². The molecule has 2 aromatic rings. The summed E-state index contributed by atoms with van der Waals surface area (Å²) in [6.07, 6.45) is 5.55. The third-order valence-electron chi connectivity index (χ3n) is 2.85. The number of anilines is 1. The number of carbonyl (C=O) groups excluding carboxylic acids is 1. The molecule has 20 heavy (non-hydrogen) atoms. The van der Waals surface area contributed by atoms with Gasteiger partial charge in [0.15, 0.2) is 0 Å². The molecule has 0 bridgehead atoms. The van der Waals surface area contributed by atoms with Crippen molar-refractivity contribution in [2.24, 2.45) is 0 Å². The number of benzene rings is 1. The molecule has 0 saturated carbocycles. The highest BCUT2D eigenvalue weighted by Gasteiger charge is 2.07. The molecule has 1 amide bonds. The summed E-state index contributed by atoms with van der Waals surface area (Å²) >= 11 is 1.15. The minimum atomic E-state index is -0.142. The van der Waals surface area contributed by atoms with E-state index in [-0.39, 0.29) is 17.2 Å². The van der Waals surface area contributed by atoms with Gasteiger partial charge in [0, 0.05) is 35.3 Å². The third kappa shape index (κ3) is 3.37. The molecule has 0 unspecified atom stereocenters. The Morgan fingerprint density at radius 2 is 2.30 bits per heavy atom. The summed E-state index contributed by atoms with van der Waals surface area (Å²) in [6.45, 7) is 2.24. The van der Waals surface area contributed by atoms with Crippen LogP contribution in [0.3, 0.4) is 0 Å². The van der Waals surface area contributed by atoms with Crippen LogP contribution in [-0.4, -0.2) is 10.5 Å². The summed E-state index contributed by atoms with van der Waals surface area (Å²) < 4.78 is 1.60. The smallest absolute Gasteiger partial charge is 0.307 e. The average molecular weight is 286 g/mol. The van der Waals surface area contributed by atoms with Crippen LogP contribution < -0.4 is 10.2 Å². The zero-order valence-corrected chi connectivity index (χ0v) is 11.9. The van der Waals surface area contributed by atoms with E-state index < -0.39 is 0 Å². The first-order valence-electron chi connectivity index (χ1n) is 6.11. The number of carbonyl (C=O) groups is 1. The summed E-state index contributed by atoms with van der Waals surface area (Å²) in [5, 5.41) is 4.56. The molecule has 2 rings (SSSR count). The second kappa shape index (κ2) is 6.22. The fourth-order valence-corrected chi connectivity index (χ4v) is 2.56. The first-order valence-corrected chi connectivity index (χ1v) is 6.99. The number of hydrogen-bond acceptors (Lipinski definition) is 3. The Morgan fingerprint density at radius 1 is 1.50 bits per heavy atom. The van der Waals surface area contributed by atoms with Crippen molar-refractivity contribution in [1.29, 1.82) is 0 Å². The van der Waals surface area contributed by atoms with Gasteiger partial charge in [-0.25, -0.2) is 0 Å². The van der Waals surface area contributed by atoms with Crippen molar-refractivity contribution >= 4 is 22.9 Å². The largest absolute Gasteiger partial charge is 0.326 e. The van der Waals surface area contributed by atoms with Crippen molar-refractivity contribution in [3.8, 4) is 12.3 Å². The van der Waals surface area contributed by atoms with Gasteiger partial charge >= 0.3 is 4.87 Å². The molecule has 0 aliphatic rings. The Balaban J connectivity index is 1.96. The number of nitrogens with one attached hydrogen (secondary N) is 1. The molecule has 1 heterocycles. The maximum atomic E-state index is 11.9. The predicted molar refractivity (Wildman–Crippen MR) is 80.9 cm³/mol. The van der Waals surface area contributed by atoms with Gasteiger partial charge < -0.3 is 9.88 Å². The first kappa shape index (κ1) is 14.1. The maximum Gasteiger partial charge on any atom is 0.307 e. The molecule has 0 atom stereocenters. The van der Waals surface area contributed by atoms with Crippen LogP contribution in [0.5, 0.6) is 0 Å². The van der Waals surface area contributed by atoms with Gasteiger partial charge in [-0.15, -0.1) is 6.42 Å². The third-order valence-corrected chi connectivity index (χ3v) is 3.73. The van der Waals surface area contributed by atoms with Gasteiger partial charge in [0.25, 0.3) is 0 Å². The molecule has 1 aromatic carbocycles. The molecule has 0 aliphatic heterocycles. The van der Waals surface area contributed by atoms with Gasteiger partial charge in [0.1, 0.15) is 0 Å². The van der Waals surface area contributed by atoms with Gasteiger partial charge in [-0.05, 0) is 25.1 Å². The van der Waals surface area contributed by atoms with E-state index >= 15 is 0 Å². The monoisotopic (exact) mass is 286 g/mol. The Bertz CT molecular complexity index is 722. The lowest BCUT2D eigenvalue weighted by atomic mass is 10.2. The van der Waals surface area contributed by atoms with Crippen LogP contribution in [0.1, 0.15) is 17.7 Å². The van der Waals surface area contributed by atoms with Crippen molar-refractivity contribution < 1.29 is 4.79 Å². The highest BCUT2D eigenvalue weighted by Crippen LogP contribution is 2.10. The highest BCUT2D eigenvalue weighted by atomic mass is 32.1. The molecule has 0 saturated heterocycles. The second-order valence-electron chi connectivity index (χ2n) is 4.32. The highest BCUT2D eigenvalue weighted by molar-refractivity contribution is 7.07. The Morgan fingerprint density at radius 3 is 2.95 bits per heavy atom. The molecule has 102 valence electrons. The minimum Gasteiger partial charge on any atom is -0.326 e. The topological polar surface area (TPSA) is 51.1 Å². The first-order chi connectivity index (χ1) is 9.60. The van der Waals surface area contributed by atoms with E-state index in [0.717, 1.165) is 17.0 Å². The quantitative estimate of drug-likeness (QED) is 0.876. The minimum absolute atomic E-state index is 0.0374. The molecule has 0 aliphatic carbocycles. The van der Waals surface area contributed by atoms with Crippen LogP contribution in [0.2, 0.25) is 0 Å². The SMILES string of the molecule is C#Cc1cccc(NC(=O)CCn2c(C)csc2=O)c1. The zero-order chi connectivity index (χ0) is 14.5. The Hall–Kier alpha value is -2.32. The number of nitrogens with zero attached hydrogens (tertiary/aromatic N) is 1. The van der Waals surface area contributed by atoms with Gasteiger partial charge in [-0.3, -0.25) is 9.59 Å². The van der Waals surface area contributed by atoms with Crippen LogP contribution in [0.4, 0.5) is 5.69 Å². The lowest BCUT2D eigenvalue weighted by Gasteiger charge is -2.07. The van der Waals surface area contributed by atoms with Crippen LogP contribution in [-0.2, 0) is 11.3 Å². The number of aryl methyl sites for hydroxylation is 1. The second-order valence-corrected chi connectivity index (χ2v) is 5.14. The number of hydrogen-bond donors (Lipinski definition) is 1. The standard InChI is InChI=1S/C15H14N2O2S/c1-3-12-5-4-6-13(9-12)16-14(18)7-8-17-11(2)10-20-15(17)19/h1,4-6,9-10H,7-8H2,2H3,(H,16,18). The number of aromatic nitrogens is 1. The molecule has 0 radical (unpaired) electrons. The van der Waals surface area contributed by atoms with Gasteiger partial charge in [0.2, 0.25) is 5.91 Å². The van der Waals surface area contributed by atoms with Crippen LogP contribution in [0, 0.1) is 19.3 Å². The summed E-state index contributed by atoms with van der Waals surface area (Å²) in [7, 11) is 0. The summed E-state index contributed by atoms with van der Waals surface area (Å²) in [5.41, 5.74) is 2.26. The molecule has 1 N–H and O–H groups in total. The zero-order valence-electron chi connectivity index (χ0n) is 11.1. The van der Waals surface area contributed by atoms with Crippen molar-refractivity contribution in [3.63, 3.8) is 0 Å². The molecule has 0 fully saturated rings. The predicted octanol–water partition coefficient (Wildman–Crippen LogP) is 2.23. The van der Waals surface area contributed by atoms with Gasteiger partial charge in [-0.1, -0.05) is 23.3 Å². The van der Waals surface area contributed by atoms with E-state index in [0.29, 0.717) is 17.8 Å². The van der Waals surface area contributed by atoms with Gasteiger partial charge in [0.05, 0.1) is 0 Å². The molecule has 0 spiro atoms. The number of rotatable bonds is 4. The average Bonchev–Trinajstić information content (AvgIpc) is 2.76. The Kier molecular flexibility index (Phi) is 4.38. The number of thiazole rings is 1. The van der Waals surface area contributed by atoms with E-state index in [1.165, 1.54) is 0 Å². The summed E-state index contributed by atoms with van der Waals surface area (Å²) in [4.78, 5) is 23.3. The maximum absolute atomic E-state index is 11.9.